The summed E-state index contributed by atoms with van der Waals surface area (Å²) < 4.78 is 28.9. The molecule has 0 spiro atoms. The van der Waals surface area contributed by atoms with Crippen molar-refractivity contribution in [3.63, 3.8) is 0 Å². The predicted molar refractivity (Wildman–Crippen MR) is 88.4 cm³/mol. The van der Waals surface area contributed by atoms with Gasteiger partial charge in [0.05, 0.1) is 5.75 Å². The first-order valence-corrected chi connectivity index (χ1v) is 9.60. The Labute approximate surface area is 145 Å². The van der Waals surface area contributed by atoms with Gasteiger partial charge in [-0.1, -0.05) is 42.4 Å². The Morgan fingerprint density at radius 1 is 1.29 bits per heavy atom. The molecule has 0 radical (unpaired) electrons. The minimum atomic E-state index is -3.60. The van der Waals surface area contributed by atoms with E-state index in [-0.39, 0.29) is 29.9 Å². The third-order valence-electron chi connectivity index (χ3n) is 3.31. The molecule has 0 aliphatic rings. The van der Waals surface area contributed by atoms with E-state index in [0.29, 0.717) is 6.42 Å². The molecule has 7 nitrogen and oxygen atoms in total. The van der Waals surface area contributed by atoms with Crippen LogP contribution in [0.25, 0.3) is 0 Å². The molecule has 2 aromatic rings. The number of benzene rings is 1. The number of nitrogens with one attached hydrogen (secondary N) is 1. The van der Waals surface area contributed by atoms with Crippen molar-refractivity contribution >= 4 is 27.3 Å². The van der Waals surface area contributed by atoms with Crippen molar-refractivity contribution in [1.82, 2.24) is 15.5 Å². The number of hydrogen-bond acceptors (Lipinski definition) is 6. The molecule has 2 rings (SSSR count). The van der Waals surface area contributed by atoms with E-state index in [1.807, 2.05) is 30.3 Å². The molecule has 0 aliphatic carbocycles. The quantitative estimate of drug-likeness (QED) is 0.711. The Kier molecular flexibility index (Phi) is 6.33. The largest absolute Gasteiger partial charge is 0.410 e. The van der Waals surface area contributed by atoms with Gasteiger partial charge in [-0.05, 0) is 5.56 Å². The van der Waals surface area contributed by atoms with Gasteiger partial charge in [0, 0.05) is 18.7 Å². The smallest absolute Gasteiger partial charge is 0.335 e. The zero-order valence-electron chi connectivity index (χ0n) is 13.1. The molecule has 0 fully saturated rings. The minimum Gasteiger partial charge on any atom is -0.410 e. The number of rotatable bonds is 8. The first kappa shape index (κ1) is 18.4. The molecule has 1 heterocycles. The number of amides is 1. The molecule has 0 saturated heterocycles. The summed E-state index contributed by atoms with van der Waals surface area (Å²) in [6.45, 7) is 1.49. The van der Waals surface area contributed by atoms with E-state index in [0.717, 1.165) is 5.56 Å². The van der Waals surface area contributed by atoms with E-state index in [1.54, 1.807) is 0 Å². The molecule has 1 N–H and O–H groups in total. The molecular formula is C15H18ClN3O4S. The van der Waals surface area contributed by atoms with E-state index < -0.39 is 21.1 Å². The average Bonchev–Trinajstić information content (AvgIpc) is 3.06. The van der Waals surface area contributed by atoms with Gasteiger partial charge in [0.25, 0.3) is 0 Å². The van der Waals surface area contributed by atoms with Gasteiger partial charge in [0.15, 0.2) is 0 Å². The standard InChI is InChI=1S/C15H18ClN3O4S/c1-2-24(21,22)15-19-18-14(23-15)12(17-13(20)8-9-16)10-11-6-4-3-5-7-11/h3-7,12H,2,8-10H2,1H3,(H,17,20)/t12-/m0/s1. The van der Waals surface area contributed by atoms with E-state index >= 15 is 0 Å². The van der Waals surface area contributed by atoms with Crippen molar-refractivity contribution in [2.45, 2.75) is 31.0 Å². The normalized spacial score (nSPS) is 12.8. The number of hydrogen-bond donors (Lipinski definition) is 1. The van der Waals surface area contributed by atoms with Crippen LogP contribution in [-0.4, -0.2) is 36.2 Å². The van der Waals surface area contributed by atoms with Crippen LogP contribution in [0.15, 0.2) is 40.0 Å². The molecule has 24 heavy (non-hydrogen) atoms. The van der Waals surface area contributed by atoms with Gasteiger partial charge in [-0.25, -0.2) is 8.42 Å². The van der Waals surface area contributed by atoms with Crippen molar-refractivity contribution < 1.29 is 17.6 Å². The summed E-state index contributed by atoms with van der Waals surface area (Å²) in [6, 6.07) is 8.77. The summed E-state index contributed by atoms with van der Waals surface area (Å²) in [5, 5.41) is 9.70. The van der Waals surface area contributed by atoms with Crippen LogP contribution in [0.1, 0.15) is 30.8 Å². The van der Waals surface area contributed by atoms with Crippen LogP contribution in [0.2, 0.25) is 0 Å². The molecule has 1 atom stereocenters. The third kappa shape index (κ3) is 4.78. The number of halogens is 1. The molecule has 1 aromatic carbocycles. The molecule has 1 aromatic heterocycles. The van der Waals surface area contributed by atoms with Crippen LogP contribution in [0.5, 0.6) is 0 Å². The maximum Gasteiger partial charge on any atom is 0.335 e. The Balaban J connectivity index is 2.26. The molecule has 0 bridgehead atoms. The van der Waals surface area contributed by atoms with Crippen molar-refractivity contribution in [3.8, 4) is 0 Å². The first-order valence-electron chi connectivity index (χ1n) is 7.41. The Bertz CT molecular complexity index is 777. The number of carbonyl (C=O) groups is 1. The van der Waals surface area contributed by atoms with E-state index in [1.165, 1.54) is 6.92 Å². The molecule has 0 saturated carbocycles. The van der Waals surface area contributed by atoms with Gasteiger partial charge >= 0.3 is 5.22 Å². The van der Waals surface area contributed by atoms with Crippen LogP contribution in [-0.2, 0) is 21.1 Å². The zero-order chi connectivity index (χ0) is 17.6. The zero-order valence-corrected chi connectivity index (χ0v) is 14.7. The lowest BCUT2D eigenvalue weighted by molar-refractivity contribution is -0.121. The van der Waals surface area contributed by atoms with Gasteiger partial charge in [0.1, 0.15) is 6.04 Å². The topological polar surface area (TPSA) is 102 Å². The van der Waals surface area contributed by atoms with Crippen LogP contribution >= 0.6 is 11.6 Å². The monoisotopic (exact) mass is 371 g/mol. The SMILES string of the molecule is CCS(=O)(=O)c1nnc([C@H](Cc2ccccc2)NC(=O)CCCl)o1. The van der Waals surface area contributed by atoms with Gasteiger partial charge in [-0.2, -0.15) is 0 Å². The summed E-state index contributed by atoms with van der Waals surface area (Å²) >= 11 is 5.58. The second kappa shape index (κ2) is 8.25. The lowest BCUT2D eigenvalue weighted by Gasteiger charge is -2.15. The molecule has 1 amide bonds. The summed E-state index contributed by atoms with van der Waals surface area (Å²) in [6.07, 6.45) is 0.532. The predicted octanol–water partition coefficient (Wildman–Crippen LogP) is 1.89. The Morgan fingerprint density at radius 2 is 2.00 bits per heavy atom. The Hall–Kier alpha value is -1.93. The highest BCUT2D eigenvalue weighted by atomic mass is 35.5. The fourth-order valence-corrected chi connectivity index (χ4v) is 2.81. The second-order valence-electron chi connectivity index (χ2n) is 5.06. The summed E-state index contributed by atoms with van der Waals surface area (Å²) in [4.78, 5) is 11.9. The van der Waals surface area contributed by atoms with Crippen LogP contribution in [0, 0.1) is 0 Å². The maximum atomic E-state index is 11.9. The van der Waals surface area contributed by atoms with Crippen molar-refractivity contribution in [2.75, 3.05) is 11.6 Å². The highest BCUT2D eigenvalue weighted by Gasteiger charge is 2.25. The second-order valence-corrected chi connectivity index (χ2v) is 7.59. The lowest BCUT2D eigenvalue weighted by Crippen LogP contribution is -2.30. The number of carbonyl (C=O) groups excluding carboxylic acids is 1. The highest BCUT2D eigenvalue weighted by molar-refractivity contribution is 7.91. The van der Waals surface area contributed by atoms with Gasteiger partial charge in [-0.3, -0.25) is 4.79 Å². The maximum absolute atomic E-state index is 11.9. The van der Waals surface area contributed by atoms with Crippen LogP contribution < -0.4 is 5.32 Å². The van der Waals surface area contributed by atoms with Gasteiger partial charge in [0.2, 0.25) is 21.6 Å². The fourth-order valence-electron chi connectivity index (χ4n) is 2.01. The molecule has 9 heteroatoms. The molecule has 0 aliphatic heterocycles. The summed E-state index contributed by atoms with van der Waals surface area (Å²) in [7, 11) is -3.60. The third-order valence-corrected chi connectivity index (χ3v) is 4.95. The van der Waals surface area contributed by atoms with Crippen molar-refractivity contribution in [1.29, 1.82) is 0 Å². The van der Waals surface area contributed by atoms with Crippen LogP contribution in [0.3, 0.4) is 0 Å². The van der Waals surface area contributed by atoms with E-state index in [4.69, 9.17) is 16.0 Å². The number of sulfone groups is 1. The highest BCUT2D eigenvalue weighted by Crippen LogP contribution is 2.20. The van der Waals surface area contributed by atoms with Gasteiger partial charge < -0.3 is 9.73 Å². The van der Waals surface area contributed by atoms with Crippen molar-refractivity contribution in [3.05, 3.63) is 41.8 Å². The fraction of sp³-hybridized carbons (Fsp3) is 0.400. The summed E-state index contributed by atoms with van der Waals surface area (Å²) in [5.41, 5.74) is 0.937. The molecule has 0 unspecified atom stereocenters. The number of aromatic nitrogens is 2. The van der Waals surface area contributed by atoms with E-state index in [9.17, 15) is 13.2 Å². The lowest BCUT2D eigenvalue weighted by atomic mass is 10.1. The van der Waals surface area contributed by atoms with E-state index in [2.05, 4.69) is 15.5 Å². The Morgan fingerprint density at radius 3 is 2.62 bits per heavy atom. The van der Waals surface area contributed by atoms with Gasteiger partial charge in [-0.15, -0.1) is 16.7 Å². The first-order chi connectivity index (χ1) is 11.5. The number of alkyl halides is 1. The summed E-state index contributed by atoms with van der Waals surface area (Å²) in [5.74, 6) is -0.183. The molecular weight excluding hydrogens is 354 g/mol. The van der Waals surface area contributed by atoms with Crippen molar-refractivity contribution in [2.24, 2.45) is 0 Å². The molecule has 130 valence electrons. The minimum absolute atomic E-state index is 0.0498. The number of nitrogens with zero attached hydrogens (tertiary/aromatic N) is 2. The van der Waals surface area contributed by atoms with Crippen LogP contribution in [0.4, 0.5) is 0 Å². The average molecular weight is 372 g/mol.